The number of benzene rings is 1. The smallest absolute Gasteiger partial charge is 0.238 e. The third-order valence-corrected chi connectivity index (χ3v) is 3.78. The van der Waals surface area contributed by atoms with Gasteiger partial charge in [-0.05, 0) is 44.0 Å². The number of carbonyl (C=O) groups excluding carboxylic acids is 1. The Morgan fingerprint density at radius 3 is 2.79 bits per heavy atom. The summed E-state index contributed by atoms with van der Waals surface area (Å²) in [4.78, 5) is 14.2. The first-order valence-electron chi connectivity index (χ1n) is 6.59. The summed E-state index contributed by atoms with van der Waals surface area (Å²) in [5.41, 5.74) is 6.69. The lowest BCUT2D eigenvalue weighted by Crippen LogP contribution is -2.48. The summed E-state index contributed by atoms with van der Waals surface area (Å²) < 4.78 is 0. The van der Waals surface area contributed by atoms with Crippen molar-refractivity contribution >= 4 is 23.2 Å². The summed E-state index contributed by atoms with van der Waals surface area (Å²) in [6.45, 7) is 3.42. The third kappa shape index (κ3) is 4.20. The van der Waals surface area contributed by atoms with E-state index >= 15 is 0 Å². The number of carbonyl (C=O) groups is 1. The number of amides is 1. The molecular formula is C14H20ClN3O. The highest BCUT2D eigenvalue weighted by Crippen LogP contribution is 2.16. The number of anilines is 1. The van der Waals surface area contributed by atoms with E-state index in [1.165, 1.54) is 0 Å². The number of nitrogens with one attached hydrogen (secondary N) is 1. The van der Waals surface area contributed by atoms with E-state index in [4.69, 9.17) is 17.3 Å². The fraction of sp³-hybridized carbons (Fsp3) is 0.500. The van der Waals surface area contributed by atoms with Gasteiger partial charge in [0.05, 0.1) is 6.54 Å². The van der Waals surface area contributed by atoms with Crippen LogP contribution in [-0.2, 0) is 4.79 Å². The van der Waals surface area contributed by atoms with Gasteiger partial charge in [0.25, 0.3) is 0 Å². The molecule has 1 aliphatic heterocycles. The largest absolute Gasteiger partial charge is 0.328 e. The lowest BCUT2D eigenvalue weighted by Gasteiger charge is -2.35. The molecule has 0 aromatic heterocycles. The van der Waals surface area contributed by atoms with Gasteiger partial charge in [0.1, 0.15) is 0 Å². The van der Waals surface area contributed by atoms with Crippen LogP contribution < -0.4 is 11.1 Å². The van der Waals surface area contributed by atoms with Gasteiger partial charge in [-0.15, -0.1) is 0 Å². The average molecular weight is 282 g/mol. The maximum Gasteiger partial charge on any atom is 0.238 e. The minimum absolute atomic E-state index is 0.00430. The maximum absolute atomic E-state index is 12.0. The Morgan fingerprint density at radius 2 is 2.16 bits per heavy atom. The second-order valence-electron chi connectivity index (χ2n) is 5.16. The predicted octanol–water partition coefficient (Wildman–Crippen LogP) is 2.09. The van der Waals surface area contributed by atoms with Crippen LogP contribution >= 0.6 is 11.6 Å². The van der Waals surface area contributed by atoms with E-state index < -0.39 is 0 Å². The molecule has 0 aliphatic carbocycles. The van der Waals surface area contributed by atoms with Crippen molar-refractivity contribution in [1.29, 1.82) is 0 Å². The standard InChI is InChI=1S/C14H20ClN3O/c1-10-8-12(16)6-7-18(10)9-14(19)17-13-4-2-11(15)3-5-13/h2-5,10,12H,6-9,16H2,1H3,(H,17,19). The van der Waals surface area contributed by atoms with E-state index in [1.54, 1.807) is 24.3 Å². The Hall–Kier alpha value is -1.10. The lowest BCUT2D eigenvalue weighted by molar-refractivity contribution is -0.118. The first-order chi connectivity index (χ1) is 9.04. The van der Waals surface area contributed by atoms with Crippen molar-refractivity contribution in [1.82, 2.24) is 4.90 Å². The summed E-state index contributed by atoms with van der Waals surface area (Å²) in [5, 5.41) is 3.54. The molecule has 2 unspecified atom stereocenters. The first kappa shape index (κ1) is 14.3. The summed E-state index contributed by atoms with van der Waals surface area (Å²) >= 11 is 5.80. The van der Waals surface area contributed by atoms with Gasteiger partial charge in [-0.25, -0.2) is 0 Å². The molecule has 104 valence electrons. The fourth-order valence-corrected chi connectivity index (χ4v) is 2.54. The normalized spacial score (nSPS) is 24.2. The van der Waals surface area contributed by atoms with Gasteiger partial charge in [0, 0.05) is 29.3 Å². The molecule has 1 aromatic carbocycles. The van der Waals surface area contributed by atoms with Crippen molar-refractivity contribution in [2.45, 2.75) is 31.8 Å². The second kappa shape index (κ2) is 6.37. The molecule has 3 N–H and O–H groups in total. The second-order valence-corrected chi connectivity index (χ2v) is 5.60. The minimum atomic E-state index is 0.00430. The monoisotopic (exact) mass is 281 g/mol. The molecule has 1 fully saturated rings. The molecule has 0 bridgehead atoms. The van der Waals surface area contributed by atoms with Gasteiger partial charge < -0.3 is 11.1 Å². The maximum atomic E-state index is 12.0. The van der Waals surface area contributed by atoms with Crippen LogP contribution in [0.4, 0.5) is 5.69 Å². The molecule has 4 nitrogen and oxygen atoms in total. The van der Waals surface area contributed by atoms with Crippen molar-refractivity contribution < 1.29 is 4.79 Å². The Balaban J connectivity index is 1.85. The summed E-state index contributed by atoms with van der Waals surface area (Å²) in [6.07, 6.45) is 1.91. The zero-order valence-electron chi connectivity index (χ0n) is 11.1. The molecule has 0 saturated carbocycles. The number of hydrogen-bond donors (Lipinski definition) is 2. The number of halogens is 1. The van der Waals surface area contributed by atoms with Gasteiger partial charge in [0.15, 0.2) is 0 Å². The molecule has 1 heterocycles. The quantitative estimate of drug-likeness (QED) is 0.892. The fourth-order valence-electron chi connectivity index (χ4n) is 2.41. The summed E-state index contributed by atoms with van der Waals surface area (Å²) in [5.74, 6) is 0.00430. The van der Waals surface area contributed by atoms with Crippen molar-refractivity contribution in [2.24, 2.45) is 5.73 Å². The van der Waals surface area contributed by atoms with Gasteiger partial charge in [-0.3, -0.25) is 9.69 Å². The summed E-state index contributed by atoms with van der Waals surface area (Å²) in [7, 11) is 0. The molecule has 5 heteroatoms. The molecule has 2 atom stereocenters. The molecular weight excluding hydrogens is 262 g/mol. The van der Waals surface area contributed by atoms with E-state index in [2.05, 4.69) is 17.1 Å². The van der Waals surface area contributed by atoms with Crippen molar-refractivity contribution in [3.05, 3.63) is 29.3 Å². The zero-order valence-corrected chi connectivity index (χ0v) is 11.9. The average Bonchev–Trinajstić information content (AvgIpc) is 2.36. The van der Waals surface area contributed by atoms with Gasteiger partial charge in [0.2, 0.25) is 5.91 Å². The number of rotatable bonds is 3. The van der Waals surface area contributed by atoms with Gasteiger partial charge in [-0.1, -0.05) is 11.6 Å². The van der Waals surface area contributed by atoms with Gasteiger partial charge in [-0.2, -0.15) is 0 Å². The first-order valence-corrected chi connectivity index (χ1v) is 6.97. The van der Waals surface area contributed by atoms with Crippen LogP contribution in [0.5, 0.6) is 0 Å². The molecule has 1 aromatic rings. The predicted molar refractivity (Wildman–Crippen MR) is 78.3 cm³/mol. The van der Waals surface area contributed by atoms with E-state index in [9.17, 15) is 4.79 Å². The zero-order chi connectivity index (χ0) is 13.8. The topological polar surface area (TPSA) is 58.4 Å². The summed E-state index contributed by atoms with van der Waals surface area (Å²) in [6, 6.07) is 7.76. The number of nitrogens with two attached hydrogens (primary N) is 1. The lowest BCUT2D eigenvalue weighted by atomic mass is 9.99. The highest BCUT2D eigenvalue weighted by atomic mass is 35.5. The van der Waals surface area contributed by atoms with Crippen molar-refractivity contribution in [3.8, 4) is 0 Å². The van der Waals surface area contributed by atoms with Crippen molar-refractivity contribution in [3.63, 3.8) is 0 Å². The molecule has 1 aliphatic rings. The van der Waals surface area contributed by atoms with Crippen LogP contribution in [0.3, 0.4) is 0 Å². The van der Waals surface area contributed by atoms with Crippen LogP contribution in [0, 0.1) is 0 Å². The number of likely N-dealkylation sites (tertiary alicyclic amines) is 1. The van der Waals surface area contributed by atoms with Crippen LogP contribution in [0.2, 0.25) is 5.02 Å². The highest BCUT2D eigenvalue weighted by molar-refractivity contribution is 6.30. The van der Waals surface area contributed by atoms with E-state index in [0.29, 0.717) is 17.6 Å². The molecule has 0 radical (unpaired) electrons. The number of nitrogens with zero attached hydrogens (tertiary/aromatic N) is 1. The van der Waals surface area contributed by atoms with Crippen LogP contribution in [-0.4, -0.2) is 36.0 Å². The SMILES string of the molecule is CC1CC(N)CCN1CC(=O)Nc1ccc(Cl)cc1. The Labute approximate surface area is 118 Å². The van der Waals surface area contributed by atoms with Crippen LogP contribution in [0.1, 0.15) is 19.8 Å². The number of piperidine rings is 1. The molecule has 0 spiro atoms. The van der Waals surface area contributed by atoms with E-state index in [-0.39, 0.29) is 11.9 Å². The number of hydrogen-bond acceptors (Lipinski definition) is 3. The molecule has 19 heavy (non-hydrogen) atoms. The van der Waals surface area contributed by atoms with Gasteiger partial charge >= 0.3 is 0 Å². The molecule has 2 rings (SSSR count). The minimum Gasteiger partial charge on any atom is -0.328 e. The Kier molecular flexibility index (Phi) is 4.80. The molecule has 1 saturated heterocycles. The van der Waals surface area contributed by atoms with E-state index in [0.717, 1.165) is 25.1 Å². The molecule has 1 amide bonds. The Bertz CT molecular complexity index is 435. The van der Waals surface area contributed by atoms with Crippen molar-refractivity contribution in [2.75, 3.05) is 18.4 Å². The third-order valence-electron chi connectivity index (χ3n) is 3.53. The van der Waals surface area contributed by atoms with E-state index in [1.807, 2.05) is 0 Å². The van der Waals surface area contributed by atoms with Crippen LogP contribution in [0.15, 0.2) is 24.3 Å². The highest BCUT2D eigenvalue weighted by Gasteiger charge is 2.24. The van der Waals surface area contributed by atoms with Crippen LogP contribution in [0.25, 0.3) is 0 Å². The Morgan fingerprint density at radius 1 is 1.47 bits per heavy atom.